The van der Waals surface area contributed by atoms with Crippen molar-refractivity contribution in [1.82, 2.24) is 4.90 Å². The van der Waals surface area contributed by atoms with Crippen LogP contribution in [0.2, 0.25) is 0 Å². The van der Waals surface area contributed by atoms with E-state index in [1.165, 1.54) is 44.0 Å². The Balaban J connectivity index is 1.77. The van der Waals surface area contributed by atoms with E-state index in [2.05, 4.69) is 29.3 Å². The van der Waals surface area contributed by atoms with E-state index in [1.54, 1.807) is 0 Å². The van der Waals surface area contributed by atoms with E-state index in [4.69, 9.17) is 0 Å². The topological polar surface area (TPSA) is 3.24 Å². The Kier molecular flexibility index (Phi) is 2.93. The van der Waals surface area contributed by atoms with Gasteiger partial charge >= 0.3 is 0 Å². The van der Waals surface area contributed by atoms with Crippen LogP contribution in [0.25, 0.3) is 0 Å². The fraction of sp³-hybridized carbons (Fsp3) is 1.00. The maximum Gasteiger partial charge on any atom is 0.00729 e. The van der Waals surface area contributed by atoms with Gasteiger partial charge in [0.15, 0.2) is 0 Å². The van der Waals surface area contributed by atoms with Crippen molar-refractivity contribution in [3.8, 4) is 0 Å². The van der Waals surface area contributed by atoms with Gasteiger partial charge in [-0.05, 0) is 24.0 Å². The molecule has 0 bridgehead atoms. The molecule has 0 atom stereocenters. The first-order chi connectivity index (χ1) is 5.85. The summed E-state index contributed by atoms with van der Waals surface area (Å²) in [4.78, 5) is 2.62. The summed E-state index contributed by atoms with van der Waals surface area (Å²) in [5, 5.41) is 0. The molecule has 1 aliphatic heterocycles. The first-order valence-corrected chi connectivity index (χ1v) is 6.54. The standard InChI is InChI=1S/C9H17NS2/c11-8-9(1-2-9)7-10-3-5-12-6-4-10/h11H,1-8H2. The summed E-state index contributed by atoms with van der Waals surface area (Å²) in [5.41, 5.74) is 0.630. The van der Waals surface area contributed by atoms with Crippen molar-refractivity contribution in [2.24, 2.45) is 5.41 Å². The number of hydrogen-bond donors (Lipinski definition) is 1. The summed E-state index contributed by atoms with van der Waals surface area (Å²) in [6.07, 6.45) is 2.83. The molecule has 1 saturated carbocycles. The summed E-state index contributed by atoms with van der Waals surface area (Å²) in [7, 11) is 0. The Hall–Kier alpha value is 0.660. The van der Waals surface area contributed by atoms with Crippen LogP contribution < -0.4 is 0 Å². The lowest BCUT2D eigenvalue weighted by atomic mass is 10.1. The van der Waals surface area contributed by atoms with Gasteiger partial charge in [-0.3, -0.25) is 0 Å². The Morgan fingerprint density at radius 2 is 1.92 bits per heavy atom. The molecule has 1 heterocycles. The molecular formula is C9H17NS2. The van der Waals surface area contributed by atoms with Gasteiger partial charge in [-0.15, -0.1) is 0 Å². The highest BCUT2D eigenvalue weighted by Gasteiger charge is 2.42. The van der Waals surface area contributed by atoms with Crippen molar-refractivity contribution in [3.63, 3.8) is 0 Å². The zero-order valence-corrected chi connectivity index (χ0v) is 9.17. The maximum absolute atomic E-state index is 4.43. The molecule has 0 aromatic heterocycles. The number of thiol groups is 1. The van der Waals surface area contributed by atoms with E-state index in [-0.39, 0.29) is 0 Å². The fourth-order valence-electron chi connectivity index (χ4n) is 1.78. The smallest absolute Gasteiger partial charge is 0.00729 e. The van der Waals surface area contributed by atoms with E-state index in [0.717, 1.165) is 5.75 Å². The van der Waals surface area contributed by atoms with Gasteiger partial charge in [-0.1, -0.05) is 0 Å². The number of hydrogen-bond acceptors (Lipinski definition) is 3. The first kappa shape index (κ1) is 9.22. The molecule has 1 aliphatic carbocycles. The van der Waals surface area contributed by atoms with E-state index in [9.17, 15) is 0 Å². The van der Waals surface area contributed by atoms with Crippen LogP contribution in [0.5, 0.6) is 0 Å². The third-order valence-electron chi connectivity index (χ3n) is 2.96. The van der Waals surface area contributed by atoms with Gasteiger partial charge in [0.2, 0.25) is 0 Å². The Labute approximate surface area is 84.7 Å². The quantitative estimate of drug-likeness (QED) is 0.696. The van der Waals surface area contributed by atoms with Crippen molar-refractivity contribution in [1.29, 1.82) is 0 Å². The molecule has 0 unspecified atom stereocenters. The highest BCUT2D eigenvalue weighted by atomic mass is 32.2. The molecule has 1 saturated heterocycles. The third-order valence-corrected chi connectivity index (χ3v) is 4.57. The first-order valence-electron chi connectivity index (χ1n) is 4.76. The summed E-state index contributed by atoms with van der Waals surface area (Å²) in [6, 6.07) is 0. The largest absolute Gasteiger partial charge is 0.301 e. The van der Waals surface area contributed by atoms with Gasteiger partial charge in [-0.25, -0.2) is 0 Å². The zero-order chi connectivity index (χ0) is 8.44. The van der Waals surface area contributed by atoms with Crippen molar-refractivity contribution in [2.45, 2.75) is 12.8 Å². The highest BCUT2D eigenvalue weighted by molar-refractivity contribution is 7.99. The summed E-state index contributed by atoms with van der Waals surface area (Å²) in [6.45, 7) is 3.93. The lowest BCUT2D eigenvalue weighted by Gasteiger charge is -2.29. The van der Waals surface area contributed by atoms with Crippen molar-refractivity contribution in [3.05, 3.63) is 0 Å². The average Bonchev–Trinajstić information content (AvgIpc) is 2.88. The molecule has 2 fully saturated rings. The molecular weight excluding hydrogens is 186 g/mol. The van der Waals surface area contributed by atoms with Gasteiger partial charge in [0, 0.05) is 31.1 Å². The molecule has 2 rings (SSSR count). The van der Waals surface area contributed by atoms with Gasteiger partial charge in [0.1, 0.15) is 0 Å². The zero-order valence-electron chi connectivity index (χ0n) is 7.46. The minimum Gasteiger partial charge on any atom is -0.301 e. The number of thioether (sulfide) groups is 1. The van der Waals surface area contributed by atoms with Crippen LogP contribution in [0.15, 0.2) is 0 Å². The molecule has 12 heavy (non-hydrogen) atoms. The Morgan fingerprint density at radius 3 is 2.42 bits per heavy atom. The predicted molar refractivity (Wildman–Crippen MR) is 59.3 cm³/mol. The number of rotatable bonds is 3. The summed E-state index contributed by atoms with van der Waals surface area (Å²) < 4.78 is 0. The molecule has 1 nitrogen and oxygen atoms in total. The molecule has 0 spiro atoms. The fourth-order valence-corrected chi connectivity index (χ4v) is 3.17. The molecule has 0 N–H and O–H groups in total. The van der Waals surface area contributed by atoms with Gasteiger partial charge in [0.25, 0.3) is 0 Å². The molecule has 0 aromatic carbocycles. The SMILES string of the molecule is SCC1(CN2CCSCC2)CC1. The summed E-state index contributed by atoms with van der Waals surface area (Å²) in [5.74, 6) is 3.77. The van der Waals surface area contributed by atoms with Gasteiger partial charge in [0.05, 0.1) is 0 Å². The van der Waals surface area contributed by atoms with E-state index in [1.807, 2.05) is 0 Å². The van der Waals surface area contributed by atoms with E-state index in [0.29, 0.717) is 5.41 Å². The van der Waals surface area contributed by atoms with E-state index >= 15 is 0 Å². The van der Waals surface area contributed by atoms with Crippen LogP contribution in [0.4, 0.5) is 0 Å². The molecule has 70 valence electrons. The van der Waals surface area contributed by atoms with Crippen LogP contribution in [-0.4, -0.2) is 41.8 Å². The monoisotopic (exact) mass is 203 g/mol. The molecule has 2 aliphatic rings. The van der Waals surface area contributed by atoms with Crippen molar-refractivity contribution < 1.29 is 0 Å². The second-order valence-electron chi connectivity index (χ2n) is 4.05. The minimum absolute atomic E-state index is 0.630. The second kappa shape index (κ2) is 3.81. The third kappa shape index (κ3) is 2.12. The van der Waals surface area contributed by atoms with Gasteiger partial charge < -0.3 is 4.90 Å². The molecule has 0 radical (unpaired) electrons. The van der Waals surface area contributed by atoms with Gasteiger partial charge in [-0.2, -0.15) is 24.4 Å². The van der Waals surface area contributed by atoms with E-state index < -0.39 is 0 Å². The van der Waals surface area contributed by atoms with Crippen LogP contribution in [-0.2, 0) is 0 Å². The maximum atomic E-state index is 4.43. The normalized spacial score (nSPS) is 28.8. The Bertz CT molecular complexity index is 151. The lowest BCUT2D eigenvalue weighted by molar-refractivity contribution is 0.252. The Morgan fingerprint density at radius 1 is 1.25 bits per heavy atom. The molecule has 0 aromatic rings. The van der Waals surface area contributed by atoms with Crippen LogP contribution in [0.3, 0.4) is 0 Å². The lowest BCUT2D eigenvalue weighted by Crippen LogP contribution is -2.37. The highest BCUT2D eigenvalue weighted by Crippen LogP contribution is 2.47. The van der Waals surface area contributed by atoms with Crippen molar-refractivity contribution in [2.75, 3.05) is 36.9 Å². The number of nitrogens with zero attached hydrogens (tertiary/aromatic N) is 1. The average molecular weight is 203 g/mol. The van der Waals surface area contributed by atoms with Crippen LogP contribution >= 0.6 is 24.4 Å². The summed E-state index contributed by atoms with van der Waals surface area (Å²) >= 11 is 6.52. The molecule has 0 amide bonds. The van der Waals surface area contributed by atoms with Crippen molar-refractivity contribution >= 4 is 24.4 Å². The van der Waals surface area contributed by atoms with Crippen LogP contribution in [0, 0.1) is 5.41 Å². The van der Waals surface area contributed by atoms with Crippen LogP contribution in [0.1, 0.15) is 12.8 Å². The molecule has 3 heteroatoms. The predicted octanol–water partition coefficient (Wildman–Crippen LogP) is 1.75. The minimum atomic E-state index is 0.630. The second-order valence-corrected chi connectivity index (χ2v) is 5.59.